The number of benzene rings is 3. The molecule has 0 aromatic heterocycles. The van der Waals surface area contributed by atoms with Crippen molar-refractivity contribution in [1.82, 2.24) is 0 Å². The van der Waals surface area contributed by atoms with E-state index in [4.69, 9.17) is 0 Å². The zero-order valence-corrected chi connectivity index (χ0v) is 12.0. The van der Waals surface area contributed by atoms with Gasteiger partial charge in [0.1, 0.15) is 0 Å². The number of hydrogen-bond acceptors (Lipinski definition) is 1. The Balaban J connectivity index is 1.79. The van der Waals surface area contributed by atoms with E-state index in [1.807, 2.05) is 0 Å². The highest BCUT2D eigenvalue weighted by Gasteiger charge is 2.00. The van der Waals surface area contributed by atoms with E-state index in [1.54, 1.807) is 0 Å². The minimum Gasteiger partial charge on any atom is -0.381 e. The van der Waals surface area contributed by atoms with Crippen LogP contribution < -0.4 is 5.32 Å². The molecule has 0 aliphatic rings. The summed E-state index contributed by atoms with van der Waals surface area (Å²) in [7, 11) is 0. The van der Waals surface area contributed by atoms with Gasteiger partial charge in [-0.1, -0.05) is 54.1 Å². The molecule has 0 spiro atoms. The highest BCUT2D eigenvalue weighted by molar-refractivity contribution is 5.85. The SMILES string of the molecule is Cc1ccc(CNc2ccc3ccccc3c2)c(C)c1. The van der Waals surface area contributed by atoms with E-state index in [-0.39, 0.29) is 0 Å². The molecule has 0 aliphatic carbocycles. The van der Waals surface area contributed by atoms with Gasteiger partial charge in [-0.2, -0.15) is 0 Å². The normalized spacial score (nSPS) is 10.7. The maximum Gasteiger partial charge on any atom is 0.0403 e. The van der Waals surface area contributed by atoms with E-state index >= 15 is 0 Å². The summed E-state index contributed by atoms with van der Waals surface area (Å²) in [6, 6.07) is 21.6. The van der Waals surface area contributed by atoms with Crippen LogP contribution >= 0.6 is 0 Å². The molecule has 3 aromatic rings. The smallest absolute Gasteiger partial charge is 0.0403 e. The predicted molar refractivity (Wildman–Crippen MR) is 87.2 cm³/mol. The Hall–Kier alpha value is -2.28. The van der Waals surface area contributed by atoms with Crippen LogP contribution in [-0.4, -0.2) is 0 Å². The minimum absolute atomic E-state index is 0.866. The van der Waals surface area contributed by atoms with Gasteiger partial charge in [0, 0.05) is 12.2 Å². The van der Waals surface area contributed by atoms with Crippen molar-refractivity contribution in [2.24, 2.45) is 0 Å². The van der Waals surface area contributed by atoms with Gasteiger partial charge in [-0.25, -0.2) is 0 Å². The monoisotopic (exact) mass is 261 g/mol. The third-order valence-corrected chi connectivity index (χ3v) is 3.73. The molecule has 20 heavy (non-hydrogen) atoms. The summed E-state index contributed by atoms with van der Waals surface area (Å²) in [6.45, 7) is 5.17. The quantitative estimate of drug-likeness (QED) is 0.694. The van der Waals surface area contributed by atoms with E-state index in [1.165, 1.54) is 33.2 Å². The second kappa shape index (κ2) is 5.38. The van der Waals surface area contributed by atoms with Crippen molar-refractivity contribution >= 4 is 16.5 Å². The fraction of sp³-hybridized carbons (Fsp3) is 0.158. The average molecular weight is 261 g/mol. The summed E-state index contributed by atoms with van der Waals surface area (Å²) in [5.74, 6) is 0. The molecular formula is C19H19N. The first-order chi connectivity index (χ1) is 9.72. The lowest BCUT2D eigenvalue weighted by atomic mass is 10.1. The Morgan fingerprint density at radius 2 is 1.60 bits per heavy atom. The molecule has 3 rings (SSSR count). The van der Waals surface area contributed by atoms with Crippen LogP contribution in [0.4, 0.5) is 5.69 Å². The van der Waals surface area contributed by atoms with Crippen LogP contribution in [0.15, 0.2) is 60.7 Å². The van der Waals surface area contributed by atoms with Crippen LogP contribution in [0.2, 0.25) is 0 Å². The molecule has 100 valence electrons. The number of hydrogen-bond donors (Lipinski definition) is 1. The molecule has 1 N–H and O–H groups in total. The third-order valence-electron chi connectivity index (χ3n) is 3.73. The maximum absolute atomic E-state index is 3.51. The van der Waals surface area contributed by atoms with E-state index < -0.39 is 0 Å². The molecule has 0 saturated carbocycles. The van der Waals surface area contributed by atoms with E-state index in [0.29, 0.717) is 0 Å². The highest BCUT2D eigenvalue weighted by Crippen LogP contribution is 2.20. The van der Waals surface area contributed by atoms with Crippen molar-refractivity contribution in [2.75, 3.05) is 5.32 Å². The van der Waals surface area contributed by atoms with Crippen LogP contribution in [0.3, 0.4) is 0 Å². The minimum atomic E-state index is 0.866. The number of fused-ring (bicyclic) bond motifs is 1. The Morgan fingerprint density at radius 3 is 2.40 bits per heavy atom. The zero-order chi connectivity index (χ0) is 13.9. The van der Waals surface area contributed by atoms with Crippen LogP contribution in [0.1, 0.15) is 16.7 Å². The molecule has 0 radical (unpaired) electrons. The molecule has 0 bridgehead atoms. The Bertz CT molecular complexity index is 744. The van der Waals surface area contributed by atoms with E-state index in [9.17, 15) is 0 Å². The number of anilines is 1. The fourth-order valence-electron chi connectivity index (χ4n) is 2.54. The summed E-state index contributed by atoms with van der Waals surface area (Å²) in [6.07, 6.45) is 0. The van der Waals surface area contributed by atoms with Crippen LogP contribution in [0.25, 0.3) is 10.8 Å². The van der Waals surface area contributed by atoms with Crippen molar-refractivity contribution in [2.45, 2.75) is 20.4 Å². The molecule has 0 amide bonds. The zero-order valence-electron chi connectivity index (χ0n) is 12.0. The van der Waals surface area contributed by atoms with Crippen molar-refractivity contribution < 1.29 is 0 Å². The van der Waals surface area contributed by atoms with E-state index in [2.05, 4.69) is 79.8 Å². The maximum atomic E-state index is 3.51. The van der Waals surface area contributed by atoms with Crippen LogP contribution in [0.5, 0.6) is 0 Å². The van der Waals surface area contributed by atoms with Gasteiger partial charge in [0.25, 0.3) is 0 Å². The second-order valence-electron chi connectivity index (χ2n) is 5.35. The van der Waals surface area contributed by atoms with Gasteiger partial charge in [0.05, 0.1) is 0 Å². The van der Waals surface area contributed by atoms with Gasteiger partial charge >= 0.3 is 0 Å². The van der Waals surface area contributed by atoms with Gasteiger partial charge in [-0.15, -0.1) is 0 Å². The van der Waals surface area contributed by atoms with E-state index in [0.717, 1.165) is 6.54 Å². The molecule has 1 nitrogen and oxygen atoms in total. The summed E-state index contributed by atoms with van der Waals surface area (Å²) in [5.41, 5.74) is 5.18. The fourth-order valence-corrected chi connectivity index (χ4v) is 2.54. The number of nitrogens with one attached hydrogen (secondary N) is 1. The molecule has 0 fully saturated rings. The van der Waals surface area contributed by atoms with Crippen molar-refractivity contribution in [3.63, 3.8) is 0 Å². The molecule has 0 aliphatic heterocycles. The first-order valence-electron chi connectivity index (χ1n) is 7.01. The molecular weight excluding hydrogens is 242 g/mol. The molecule has 0 saturated heterocycles. The molecule has 0 unspecified atom stereocenters. The first-order valence-corrected chi connectivity index (χ1v) is 7.01. The van der Waals surface area contributed by atoms with Gasteiger partial charge in [-0.3, -0.25) is 0 Å². The molecule has 0 atom stereocenters. The Labute approximate surface area is 120 Å². The highest BCUT2D eigenvalue weighted by atomic mass is 14.9. The topological polar surface area (TPSA) is 12.0 Å². The Morgan fingerprint density at radius 1 is 0.800 bits per heavy atom. The summed E-state index contributed by atoms with van der Waals surface area (Å²) < 4.78 is 0. The lowest BCUT2D eigenvalue weighted by Gasteiger charge is -2.10. The first kappa shape index (κ1) is 12.7. The number of aryl methyl sites for hydroxylation is 2. The summed E-state index contributed by atoms with van der Waals surface area (Å²) in [4.78, 5) is 0. The molecule has 1 heteroatoms. The van der Waals surface area contributed by atoms with Crippen LogP contribution in [0, 0.1) is 13.8 Å². The van der Waals surface area contributed by atoms with Gasteiger partial charge in [0.2, 0.25) is 0 Å². The molecule has 3 aromatic carbocycles. The third kappa shape index (κ3) is 2.67. The van der Waals surface area contributed by atoms with Crippen LogP contribution in [-0.2, 0) is 6.54 Å². The Kier molecular flexibility index (Phi) is 3.42. The van der Waals surface area contributed by atoms with Crippen molar-refractivity contribution in [1.29, 1.82) is 0 Å². The average Bonchev–Trinajstić information content (AvgIpc) is 2.46. The van der Waals surface area contributed by atoms with Gasteiger partial charge in [-0.05, 0) is 47.9 Å². The standard InChI is InChI=1S/C19H19N/c1-14-7-8-18(15(2)11-14)13-20-19-10-9-16-5-3-4-6-17(16)12-19/h3-12,20H,13H2,1-2H3. The van der Waals surface area contributed by atoms with Crippen molar-refractivity contribution in [3.8, 4) is 0 Å². The van der Waals surface area contributed by atoms with Crippen molar-refractivity contribution in [3.05, 3.63) is 77.4 Å². The summed E-state index contributed by atoms with van der Waals surface area (Å²) >= 11 is 0. The largest absolute Gasteiger partial charge is 0.381 e. The lowest BCUT2D eigenvalue weighted by molar-refractivity contribution is 1.11. The second-order valence-corrected chi connectivity index (χ2v) is 5.35. The van der Waals surface area contributed by atoms with Gasteiger partial charge < -0.3 is 5.32 Å². The molecule has 0 heterocycles. The summed E-state index contributed by atoms with van der Waals surface area (Å²) in [5, 5.41) is 6.07. The predicted octanol–water partition coefficient (Wildman–Crippen LogP) is 5.07. The van der Waals surface area contributed by atoms with Gasteiger partial charge in [0.15, 0.2) is 0 Å². The lowest BCUT2D eigenvalue weighted by Crippen LogP contribution is -2.01. The number of rotatable bonds is 3.